The molecule has 0 heterocycles. The Kier molecular flexibility index (Phi) is 12.3. The molecule has 0 aliphatic rings. The van der Waals surface area contributed by atoms with Gasteiger partial charge in [-0.15, -0.1) is 0 Å². The van der Waals surface area contributed by atoms with Gasteiger partial charge in [-0.2, -0.15) is 8.42 Å². The van der Waals surface area contributed by atoms with Crippen molar-refractivity contribution in [3.05, 3.63) is 29.8 Å². The highest BCUT2D eigenvalue weighted by Gasteiger charge is 2.14. The zero-order valence-corrected chi connectivity index (χ0v) is 13.3. The maximum Gasteiger partial charge on any atom is 0.296 e. The molecule has 130 valence electrons. The maximum atomic E-state index is 11.9. The Morgan fingerprint density at radius 2 is 1.59 bits per heavy atom. The third-order valence-corrected chi connectivity index (χ3v) is 4.39. The molecule has 22 heavy (non-hydrogen) atoms. The first-order chi connectivity index (χ1) is 9.45. The fourth-order valence-electron chi connectivity index (χ4n) is 1.55. The highest BCUT2D eigenvalue weighted by Crippen LogP contribution is 2.13. The first-order valence-corrected chi connectivity index (χ1v) is 8.44. The largest absolute Gasteiger partial charge is 0.379 e. The number of hydrogen-bond acceptors (Lipinski definition) is 4. The third-order valence-electron chi connectivity index (χ3n) is 3.06. The summed E-state index contributed by atoms with van der Waals surface area (Å²) in [6, 6.07) is 6.65. The molecular formula is C17H32O4S. The summed E-state index contributed by atoms with van der Waals surface area (Å²) in [5, 5.41) is 0. The van der Waals surface area contributed by atoms with Gasteiger partial charge in [0.1, 0.15) is 0 Å². The second-order valence-corrected chi connectivity index (χ2v) is 6.50. The second kappa shape index (κ2) is 11.6. The molecule has 0 saturated carbocycles. The fraction of sp³-hybridized carbons (Fsp3) is 0.647. The van der Waals surface area contributed by atoms with E-state index in [0.717, 1.165) is 18.4 Å². The van der Waals surface area contributed by atoms with Gasteiger partial charge in [-0.1, -0.05) is 39.5 Å². The van der Waals surface area contributed by atoms with Crippen LogP contribution in [0, 0.1) is 6.92 Å². The standard InChI is InChI=1S/C15H24O4S.2CH4/c1-4-14(3)18-11-5-6-12-19-20(16,17)15-9-7-13(2)8-10-15;;/h7-10,14H,4-6,11-12H2,1-3H3;2*1H4. The van der Waals surface area contributed by atoms with Gasteiger partial charge in [0.2, 0.25) is 0 Å². The van der Waals surface area contributed by atoms with Crippen LogP contribution in [0.25, 0.3) is 0 Å². The lowest BCUT2D eigenvalue weighted by atomic mass is 10.2. The van der Waals surface area contributed by atoms with Crippen LogP contribution in [0.3, 0.4) is 0 Å². The van der Waals surface area contributed by atoms with E-state index in [1.165, 1.54) is 0 Å². The van der Waals surface area contributed by atoms with Crippen molar-refractivity contribution >= 4 is 10.1 Å². The first-order valence-electron chi connectivity index (χ1n) is 7.03. The monoisotopic (exact) mass is 332 g/mol. The van der Waals surface area contributed by atoms with Crippen LogP contribution in [0.4, 0.5) is 0 Å². The van der Waals surface area contributed by atoms with Gasteiger partial charge in [0.15, 0.2) is 0 Å². The highest BCUT2D eigenvalue weighted by atomic mass is 32.2. The van der Waals surface area contributed by atoms with Crippen molar-refractivity contribution < 1.29 is 17.3 Å². The van der Waals surface area contributed by atoms with E-state index in [0.29, 0.717) is 13.0 Å². The van der Waals surface area contributed by atoms with Crippen molar-refractivity contribution in [2.45, 2.75) is 65.9 Å². The summed E-state index contributed by atoms with van der Waals surface area (Å²) in [5.74, 6) is 0. The number of hydrogen-bond donors (Lipinski definition) is 0. The Balaban J connectivity index is 0. The highest BCUT2D eigenvalue weighted by molar-refractivity contribution is 7.86. The summed E-state index contributed by atoms with van der Waals surface area (Å²) >= 11 is 0. The lowest BCUT2D eigenvalue weighted by Gasteiger charge is -2.10. The van der Waals surface area contributed by atoms with E-state index in [1.54, 1.807) is 24.3 Å². The molecule has 0 aliphatic heterocycles. The minimum Gasteiger partial charge on any atom is -0.379 e. The Morgan fingerprint density at radius 3 is 2.14 bits per heavy atom. The van der Waals surface area contributed by atoms with Crippen molar-refractivity contribution in [1.82, 2.24) is 0 Å². The molecule has 0 N–H and O–H groups in total. The number of unbranched alkanes of at least 4 members (excludes halogenated alkanes) is 1. The maximum absolute atomic E-state index is 11.9. The molecule has 1 aromatic rings. The second-order valence-electron chi connectivity index (χ2n) is 4.89. The lowest BCUT2D eigenvalue weighted by Crippen LogP contribution is -2.10. The minimum absolute atomic E-state index is 0. The molecule has 1 atom stereocenters. The Bertz CT molecular complexity index is 480. The van der Waals surface area contributed by atoms with E-state index in [9.17, 15) is 8.42 Å². The molecule has 0 radical (unpaired) electrons. The van der Waals surface area contributed by atoms with E-state index < -0.39 is 10.1 Å². The van der Waals surface area contributed by atoms with Gasteiger partial charge in [0.25, 0.3) is 10.1 Å². The van der Waals surface area contributed by atoms with E-state index in [1.807, 2.05) is 13.8 Å². The third kappa shape index (κ3) is 8.51. The molecule has 0 bridgehead atoms. The molecule has 0 amide bonds. The Labute approximate surface area is 137 Å². The predicted molar refractivity (Wildman–Crippen MR) is 92.7 cm³/mol. The average molecular weight is 333 g/mol. The Morgan fingerprint density at radius 1 is 1.05 bits per heavy atom. The molecule has 0 aromatic heterocycles. The number of rotatable bonds is 9. The van der Waals surface area contributed by atoms with Crippen LogP contribution >= 0.6 is 0 Å². The topological polar surface area (TPSA) is 52.6 Å². The minimum atomic E-state index is -3.63. The fourth-order valence-corrected chi connectivity index (χ4v) is 2.49. The van der Waals surface area contributed by atoms with Crippen molar-refractivity contribution in [2.75, 3.05) is 13.2 Å². The van der Waals surface area contributed by atoms with Crippen molar-refractivity contribution in [3.8, 4) is 0 Å². The van der Waals surface area contributed by atoms with Crippen LogP contribution in [-0.4, -0.2) is 27.7 Å². The molecule has 4 nitrogen and oxygen atoms in total. The molecule has 1 unspecified atom stereocenters. The quantitative estimate of drug-likeness (QED) is 0.491. The summed E-state index contributed by atoms with van der Waals surface area (Å²) in [5.41, 5.74) is 1.02. The van der Waals surface area contributed by atoms with Gasteiger partial charge in [-0.3, -0.25) is 4.18 Å². The molecule has 0 aliphatic carbocycles. The van der Waals surface area contributed by atoms with Crippen LogP contribution < -0.4 is 0 Å². The van der Waals surface area contributed by atoms with E-state index in [4.69, 9.17) is 8.92 Å². The summed E-state index contributed by atoms with van der Waals surface area (Å²) in [4.78, 5) is 0.207. The molecule has 0 fully saturated rings. The van der Waals surface area contributed by atoms with Gasteiger partial charge >= 0.3 is 0 Å². The van der Waals surface area contributed by atoms with Gasteiger partial charge in [-0.05, 0) is 45.2 Å². The number of aryl methyl sites for hydroxylation is 1. The normalized spacial score (nSPS) is 12.1. The average Bonchev–Trinajstić information content (AvgIpc) is 2.42. The van der Waals surface area contributed by atoms with Crippen LogP contribution in [0.1, 0.15) is 53.5 Å². The van der Waals surface area contributed by atoms with E-state index >= 15 is 0 Å². The molecular weight excluding hydrogens is 300 g/mol. The predicted octanol–water partition coefficient (Wildman–Crippen LogP) is 4.57. The van der Waals surface area contributed by atoms with Crippen LogP contribution in [0.2, 0.25) is 0 Å². The van der Waals surface area contributed by atoms with Gasteiger partial charge in [0, 0.05) is 6.61 Å². The smallest absolute Gasteiger partial charge is 0.296 e. The number of ether oxygens (including phenoxy) is 1. The van der Waals surface area contributed by atoms with Gasteiger partial charge in [-0.25, -0.2) is 0 Å². The van der Waals surface area contributed by atoms with Crippen molar-refractivity contribution in [2.24, 2.45) is 0 Å². The summed E-state index contributed by atoms with van der Waals surface area (Å²) in [7, 11) is -3.63. The lowest BCUT2D eigenvalue weighted by molar-refractivity contribution is 0.0593. The summed E-state index contributed by atoms with van der Waals surface area (Å²) in [6.07, 6.45) is 2.71. The first kappa shape index (κ1) is 23.4. The summed E-state index contributed by atoms with van der Waals surface area (Å²) in [6.45, 7) is 6.85. The molecule has 0 saturated heterocycles. The van der Waals surface area contributed by atoms with Crippen molar-refractivity contribution in [3.63, 3.8) is 0 Å². The van der Waals surface area contributed by atoms with Crippen LogP contribution in [0.15, 0.2) is 29.2 Å². The SMILES string of the molecule is C.C.CCC(C)OCCCCOS(=O)(=O)c1ccc(C)cc1. The van der Waals surface area contributed by atoms with Crippen molar-refractivity contribution in [1.29, 1.82) is 0 Å². The Hall–Kier alpha value is -0.910. The number of benzene rings is 1. The van der Waals surface area contributed by atoms with Crippen LogP contribution in [-0.2, 0) is 19.0 Å². The van der Waals surface area contributed by atoms with E-state index in [-0.39, 0.29) is 32.5 Å². The zero-order valence-electron chi connectivity index (χ0n) is 12.5. The summed E-state index contributed by atoms with van der Waals surface area (Å²) < 4.78 is 34.3. The van der Waals surface area contributed by atoms with Crippen LogP contribution in [0.5, 0.6) is 0 Å². The zero-order chi connectivity index (χ0) is 15.0. The van der Waals surface area contributed by atoms with E-state index in [2.05, 4.69) is 6.92 Å². The molecule has 1 rings (SSSR count). The molecule has 0 spiro atoms. The van der Waals surface area contributed by atoms with Gasteiger partial charge < -0.3 is 4.74 Å². The van der Waals surface area contributed by atoms with Gasteiger partial charge in [0.05, 0.1) is 17.6 Å². The molecule has 1 aromatic carbocycles. The molecule has 5 heteroatoms.